The summed E-state index contributed by atoms with van der Waals surface area (Å²) in [4.78, 5) is 11.5. The molecule has 5 N–H and O–H groups in total. The minimum Gasteiger partial charge on any atom is -0.398 e. The summed E-state index contributed by atoms with van der Waals surface area (Å²) in [5.74, 6) is 4.60. The summed E-state index contributed by atoms with van der Waals surface area (Å²) >= 11 is 0. The minimum absolute atomic E-state index is 0.113. The van der Waals surface area contributed by atoms with E-state index in [9.17, 15) is 13.2 Å². The Morgan fingerprint density at radius 3 is 2.40 bits per heavy atom. The second-order valence-electron chi connectivity index (χ2n) is 4.72. The van der Waals surface area contributed by atoms with Gasteiger partial charge in [-0.15, -0.1) is 0 Å². The number of nitrogens with two attached hydrogens (primary N) is 2. The first-order valence-electron chi connectivity index (χ1n) is 6.32. The summed E-state index contributed by atoms with van der Waals surface area (Å²) in [6.45, 7) is 0.573. The first-order chi connectivity index (χ1) is 9.46. The van der Waals surface area contributed by atoms with E-state index in [0.717, 1.165) is 0 Å². The van der Waals surface area contributed by atoms with E-state index in [4.69, 9.17) is 11.6 Å². The number of carbonyl (C=O) groups excluding carboxylic acids is 1. The zero-order valence-corrected chi connectivity index (χ0v) is 11.8. The number of nitrogen functional groups attached to an aromatic ring is 1. The highest BCUT2D eigenvalue weighted by molar-refractivity contribution is 7.89. The molecule has 20 heavy (non-hydrogen) atoms. The number of carbonyl (C=O) groups is 1. The lowest BCUT2D eigenvalue weighted by Crippen LogP contribution is -2.44. The average Bonchev–Trinajstić information content (AvgIpc) is 2.47. The summed E-state index contributed by atoms with van der Waals surface area (Å²) in [5.41, 5.74) is 8.06. The summed E-state index contributed by atoms with van der Waals surface area (Å²) in [5, 5.41) is 0. The summed E-state index contributed by atoms with van der Waals surface area (Å²) < 4.78 is 26.3. The van der Waals surface area contributed by atoms with Crippen LogP contribution in [0.3, 0.4) is 0 Å². The van der Waals surface area contributed by atoms with E-state index in [1.54, 1.807) is 18.2 Å². The molecule has 8 heteroatoms. The van der Waals surface area contributed by atoms with Crippen molar-refractivity contribution in [2.24, 2.45) is 11.8 Å². The number of anilines is 1. The van der Waals surface area contributed by atoms with Crippen LogP contribution in [0.15, 0.2) is 29.2 Å². The number of rotatable bonds is 3. The third-order valence-electron chi connectivity index (χ3n) is 3.50. The van der Waals surface area contributed by atoms with Gasteiger partial charge in [0.15, 0.2) is 0 Å². The molecule has 110 valence electrons. The van der Waals surface area contributed by atoms with E-state index >= 15 is 0 Å². The largest absolute Gasteiger partial charge is 0.398 e. The molecule has 1 aliphatic rings. The van der Waals surface area contributed by atoms with Gasteiger partial charge in [0.05, 0.1) is 5.69 Å². The maximum absolute atomic E-state index is 12.5. The van der Waals surface area contributed by atoms with E-state index < -0.39 is 10.0 Å². The van der Waals surface area contributed by atoms with Crippen molar-refractivity contribution in [3.8, 4) is 0 Å². The van der Waals surface area contributed by atoms with Crippen LogP contribution >= 0.6 is 0 Å². The highest BCUT2D eigenvalue weighted by atomic mass is 32.2. The number of nitrogens with one attached hydrogen (secondary N) is 1. The molecule has 1 saturated heterocycles. The molecule has 0 bridgehead atoms. The first-order valence-corrected chi connectivity index (χ1v) is 7.76. The fourth-order valence-electron chi connectivity index (χ4n) is 2.33. The Morgan fingerprint density at radius 2 is 1.85 bits per heavy atom. The smallest absolute Gasteiger partial charge is 0.245 e. The molecule has 0 atom stereocenters. The van der Waals surface area contributed by atoms with Crippen molar-refractivity contribution in [1.29, 1.82) is 0 Å². The Kier molecular flexibility index (Phi) is 4.26. The lowest BCUT2D eigenvalue weighted by atomic mass is 9.98. The number of nitrogens with zero attached hydrogens (tertiary/aromatic N) is 1. The Hall–Kier alpha value is -1.64. The highest BCUT2D eigenvalue weighted by Crippen LogP contribution is 2.26. The van der Waals surface area contributed by atoms with Gasteiger partial charge in [0.1, 0.15) is 4.90 Å². The first kappa shape index (κ1) is 14.8. The van der Waals surface area contributed by atoms with Gasteiger partial charge >= 0.3 is 0 Å². The van der Waals surface area contributed by atoms with Gasteiger partial charge in [-0.3, -0.25) is 10.2 Å². The molecule has 2 rings (SSSR count). The van der Waals surface area contributed by atoms with E-state index in [1.165, 1.54) is 10.4 Å². The second-order valence-corrected chi connectivity index (χ2v) is 6.63. The molecule has 1 fully saturated rings. The number of amides is 1. The maximum atomic E-state index is 12.5. The number of piperidine rings is 1. The molecule has 0 radical (unpaired) electrons. The van der Waals surface area contributed by atoms with Crippen LogP contribution in [0, 0.1) is 5.92 Å². The van der Waals surface area contributed by atoms with Gasteiger partial charge in [0.25, 0.3) is 0 Å². The van der Waals surface area contributed by atoms with Crippen molar-refractivity contribution in [2.45, 2.75) is 17.7 Å². The molecule has 7 nitrogen and oxygen atoms in total. The van der Waals surface area contributed by atoms with Crippen LogP contribution in [0.4, 0.5) is 5.69 Å². The number of hydrazine groups is 1. The van der Waals surface area contributed by atoms with Crippen LogP contribution in [0.25, 0.3) is 0 Å². The van der Waals surface area contributed by atoms with Gasteiger partial charge in [0, 0.05) is 19.0 Å². The number of sulfonamides is 1. The molecule has 1 aromatic rings. The van der Waals surface area contributed by atoms with E-state index in [-0.39, 0.29) is 35.5 Å². The third kappa shape index (κ3) is 2.77. The highest BCUT2D eigenvalue weighted by Gasteiger charge is 2.32. The SMILES string of the molecule is NNC(=O)C1CCN(S(=O)(=O)c2ccccc2N)CC1. The summed E-state index contributed by atoms with van der Waals surface area (Å²) in [6, 6.07) is 6.37. The number of para-hydroxylation sites is 1. The Bertz CT molecular complexity index is 594. The van der Waals surface area contributed by atoms with Crippen molar-refractivity contribution in [3.05, 3.63) is 24.3 Å². The van der Waals surface area contributed by atoms with Crippen LogP contribution in [-0.4, -0.2) is 31.7 Å². The molecule has 1 aromatic carbocycles. The third-order valence-corrected chi connectivity index (χ3v) is 5.48. The lowest BCUT2D eigenvalue weighted by molar-refractivity contribution is -0.126. The normalized spacial score (nSPS) is 17.9. The van der Waals surface area contributed by atoms with Gasteiger partial charge in [-0.2, -0.15) is 4.31 Å². The van der Waals surface area contributed by atoms with Crippen molar-refractivity contribution in [3.63, 3.8) is 0 Å². The fraction of sp³-hybridized carbons (Fsp3) is 0.417. The molecule has 0 spiro atoms. The quantitative estimate of drug-likeness (QED) is 0.305. The molecule has 1 amide bonds. The van der Waals surface area contributed by atoms with Crippen LogP contribution in [-0.2, 0) is 14.8 Å². The molecule has 0 aliphatic carbocycles. The van der Waals surface area contributed by atoms with E-state index in [2.05, 4.69) is 5.43 Å². The van der Waals surface area contributed by atoms with E-state index in [1.807, 2.05) is 0 Å². The van der Waals surface area contributed by atoms with Crippen LogP contribution in [0.1, 0.15) is 12.8 Å². The summed E-state index contributed by atoms with van der Waals surface area (Å²) in [7, 11) is -3.60. The zero-order valence-electron chi connectivity index (χ0n) is 11.0. The van der Waals surface area contributed by atoms with Gasteiger partial charge in [-0.25, -0.2) is 14.3 Å². The molecule has 0 saturated carbocycles. The van der Waals surface area contributed by atoms with Crippen LogP contribution in [0.2, 0.25) is 0 Å². The molecule has 1 heterocycles. The Morgan fingerprint density at radius 1 is 1.25 bits per heavy atom. The van der Waals surface area contributed by atoms with Crippen LogP contribution in [0.5, 0.6) is 0 Å². The lowest BCUT2D eigenvalue weighted by Gasteiger charge is -2.30. The van der Waals surface area contributed by atoms with Crippen molar-refractivity contribution >= 4 is 21.6 Å². The van der Waals surface area contributed by atoms with Crippen molar-refractivity contribution < 1.29 is 13.2 Å². The topological polar surface area (TPSA) is 119 Å². The number of hydrogen-bond donors (Lipinski definition) is 3. The average molecular weight is 298 g/mol. The van der Waals surface area contributed by atoms with Gasteiger partial charge < -0.3 is 5.73 Å². The Labute approximate surface area is 117 Å². The molecular weight excluding hydrogens is 280 g/mol. The van der Waals surface area contributed by atoms with Gasteiger partial charge in [0.2, 0.25) is 15.9 Å². The molecular formula is C12H18N4O3S. The zero-order chi connectivity index (χ0) is 14.8. The minimum atomic E-state index is -3.60. The second kappa shape index (κ2) is 5.78. The van der Waals surface area contributed by atoms with Crippen molar-refractivity contribution in [2.75, 3.05) is 18.8 Å². The van der Waals surface area contributed by atoms with Crippen LogP contribution < -0.4 is 17.0 Å². The maximum Gasteiger partial charge on any atom is 0.245 e. The van der Waals surface area contributed by atoms with Gasteiger partial charge in [-0.05, 0) is 25.0 Å². The number of hydrogen-bond acceptors (Lipinski definition) is 5. The van der Waals surface area contributed by atoms with Crippen molar-refractivity contribution in [1.82, 2.24) is 9.73 Å². The number of benzene rings is 1. The van der Waals surface area contributed by atoms with E-state index in [0.29, 0.717) is 12.8 Å². The Balaban J connectivity index is 2.14. The summed E-state index contributed by atoms with van der Waals surface area (Å²) in [6.07, 6.45) is 0.907. The molecule has 0 unspecified atom stereocenters. The predicted molar refractivity (Wildman–Crippen MR) is 74.7 cm³/mol. The fourth-order valence-corrected chi connectivity index (χ4v) is 3.92. The molecule has 1 aliphatic heterocycles. The monoisotopic (exact) mass is 298 g/mol. The predicted octanol–water partition coefficient (Wildman–Crippen LogP) is -0.341. The molecule has 0 aromatic heterocycles. The van der Waals surface area contributed by atoms with Gasteiger partial charge in [-0.1, -0.05) is 12.1 Å². The standard InChI is InChI=1S/C12H18N4O3S/c13-10-3-1-2-4-11(10)20(18,19)16-7-5-9(6-8-16)12(17)15-14/h1-4,9H,5-8,13-14H2,(H,15,17).